The number of nitrogens with zero attached hydrogens (tertiary/aromatic N) is 1. The van der Waals surface area contributed by atoms with Crippen LogP contribution in [0.25, 0.3) is 10.8 Å². The predicted octanol–water partition coefficient (Wildman–Crippen LogP) is 3.52. The lowest BCUT2D eigenvalue weighted by atomic mass is 10.1. The Hall–Kier alpha value is -2.68. The van der Waals surface area contributed by atoms with E-state index in [-0.39, 0.29) is 19.0 Å². The summed E-state index contributed by atoms with van der Waals surface area (Å²) < 4.78 is 5.36. The maximum atomic E-state index is 11.9. The Morgan fingerprint density at radius 1 is 0.952 bits per heavy atom. The van der Waals surface area contributed by atoms with Crippen molar-refractivity contribution >= 4 is 16.7 Å². The molecule has 0 saturated carbocycles. The number of pyridine rings is 1. The molecule has 1 heterocycles. The molecule has 3 heteroatoms. The van der Waals surface area contributed by atoms with Gasteiger partial charge < -0.3 is 4.74 Å². The van der Waals surface area contributed by atoms with Crippen molar-refractivity contribution in [3.63, 3.8) is 0 Å². The van der Waals surface area contributed by atoms with Gasteiger partial charge in [-0.1, -0.05) is 48.5 Å². The molecule has 0 N–H and O–H groups in total. The van der Waals surface area contributed by atoms with Crippen molar-refractivity contribution in [2.45, 2.75) is 13.0 Å². The topological polar surface area (TPSA) is 39.2 Å². The summed E-state index contributed by atoms with van der Waals surface area (Å²) in [7, 11) is 0. The Balaban J connectivity index is 1.68. The Morgan fingerprint density at radius 3 is 2.62 bits per heavy atom. The maximum absolute atomic E-state index is 11.9. The summed E-state index contributed by atoms with van der Waals surface area (Å²) in [5, 5.41) is 2.27. The molecule has 3 nitrogen and oxygen atoms in total. The van der Waals surface area contributed by atoms with Gasteiger partial charge >= 0.3 is 5.97 Å². The van der Waals surface area contributed by atoms with Crippen LogP contribution in [-0.2, 0) is 22.6 Å². The van der Waals surface area contributed by atoms with Crippen LogP contribution in [0.5, 0.6) is 0 Å². The molecular weight excluding hydrogens is 262 g/mol. The van der Waals surface area contributed by atoms with E-state index < -0.39 is 0 Å². The number of ether oxygens (including phenoxy) is 1. The van der Waals surface area contributed by atoms with Gasteiger partial charge in [0.25, 0.3) is 0 Å². The van der Waals surface area contributed by atoms with Crippen LogP contribution in [0.3, 0.4) is 0 Å². The van der Waals surface area contributed by atoms with Crippen LogP contribution < -0.4 is 0 Å². The van der Waals surface area contributed by atoms with Gasteiger partial charge in [-0.05, 0) is 28.5 Å². The number of esters is 1. The number of benzene rings is 2. The van der Waals surface area contributed by atoms with Gasteiger partial charge in [0.15, 0.2) is 0 Å². The molecule has 0 aliphatic carbocycles. The van der Waals surface area contributed by atoms with Gasteiger partial charge in [0.05, 0.1) is 12.1 Å². The van der Waals surface area contributed by atoms with Crippen molar-refractivity contribution in [3.05, 3.63) is 78.1 Å². The second-order valence-corrected chi connectivity index (χ2v) is 4.80. The van der Waals surface area contributed by atoms with Gasteiger partial charge in [-0.15, -0.1) is 0 Å². The highest BCUT2D eigenvalue weighted by molar-refractivity contribution is 5.85. The molecule has 0 saturated heterocycles. The van der Waals surface area contributed by atoms with Crippen molar-refractivity contribution in [2.75, 3.05) is 0 Å². The Bertz CT molecular complexity index is 748. The lowest BCUT2D eigenvalue weighted by molar-refractivity contribution is -0.144. The molecule has 0 radical (unpaired) electrons. The maximum Gasteiger partial charge on any atom is 0.312 e. The van der Waals surface area contributed by atoms with Crippen LogP contribution in [0.1, 0.15) is 11.3 Å². The third-order valence-corrected chi connectivity index (χ3v) is 3.32. The summed E-state index contributed by atoms with van der Waals surface area (Å²) in [5.74, 6) is -0.262. The summed E-state index contributed by atoms with van der Waals surface area (Å²) in [5.41, 5.74) is 1.74. The minimum Gasteiger partial charge on any atom is -0.460 e. The first-order valence-corrected chi connectivity index (χ1v) is 6.85. The molecule has 3 rings (SSSR count). The molecule has 0 spiro atoms. The molecule has 0 aliphatic rings. The lowest BCUT2D eigenvalue weighted by Gasteiger charge is -2.08. The van der Waals surface area contributed by atoms with Crippen LogP contribution in [0.15, 0.2) is 66.9 Å². The van der Waals surface area contributed by atoms with Crippen LogP contribution in [0.2, 0.25) is 0 Å². The smallest absolute Gasteiger partial charge is 0.312 e. The third kappa shape index (κ3) is 3.26. The fourth-order valence-corrected chi connectivity index (χ4v) is 2.28. The van der Waals surface area contributed by atoms with Gasteiger partial charge in [0, 0.05) is 6.20 Å². The molecule has 1 aromatic heterocycles. The minimum atomic E-state index is -0.262. The molecular formula is C18H15NO2. The Kier molecular flexibility index (Phi) is 3.92. The van der Waals surface area contributed by atoms with Crippen LogP contribution in [0, 0.1) is 0 Å². The van der Waals surface area contributed by atoms with Gasteiger partial charge in [-0.25, -0.2) is 0 Å². The molecule has 0 fully saturated rings. The quantitative estimate of drug-likeness (QED) is 0.685. The third-order valence-electron chi connectivity index (χ3n) is 3.32. The fraction of sp³-hybridized carbons (Fsp3) is 0.111. The van der Waals surface area contributed by atoms with E-state index >= 15 is 0 Å². The zero-order valence-corrected chi connectivity index (χ0v) is 11.5. The Morgan fingerprint density at radius 2 is 1.76 bits per heavy atom. The van der Waals surface area contributed by atoms with Crippen LogP contribution in [0.4, 0.5) is 0 Å². The first-order valence-electron chi connectivity index (χ1n) is 6.85. The Labute approximate surface area is 123 Å². The van der Waals surface area contributed by atoms with E-state index in [0.717, 1.165) is 22.0 Å². The highest BCUT2D eigenvalue weighted by Gasteiger charge is 2.07. The van der Waals surface area contributed by atoms with Gasteiger partial charge in [-0.3, -0.25) is 9.78 Å². The van der Waals surface area contributed by atoms with Gasteiger partial charge in [0.2, 0.25) is 0 Å². The second kappa shape index (κ2) is 6.18. The molecule has 2 aromatic carbocycles. The highest BCUT2D eigenvalue weighted by atomic mass is 16.5. The summed E-state index contributed by atoms with van der Waals surface area (Å²) >= 11 is 0. The van der Waals surface area contributed by atoms with Crippen molar-refractivity contribution in [2.24, 2.45) is 0 Å². The summed E-state index contributed by atoms with van der Waals surface area (Å²) in [4.78, 5) is 16.0. The lowest BCUT2D eigenvalue weighted by Crippen LogP contribution is -2.09. The molecule has 21 heavy (non-hydrogen) atoms. The average molecular weight is 277 g/mol. The predicted molar refractivity (Wildman–Crippen MR) is 81.7 cm³/mol. The number of carbonyl (C=O) groups excluding carboxylic acids is 1. The van der Waals surface area contributed by atoms with E-state index in [0.29, 0.717) is 0 Å². The monoisotopic (exact) mass is 277 g/mol. The van der Waals surface area contributed by atoms with E-state index in [4.69, 9.17) is 4.74 Å². The van der Waals surface area contributed by atoms with E-state index in [1.54, 1.807) is 6.20 Å². The second-order valence-electron chi connectivity index (χ2n) is 4.80. The van der Waals surface area contributed by atoms with Crippen molar-refractivity contribution in [1.29, 1.82) is 0 Å². The normalized spacial score (nSPS) is 10.5. The number of carbonyl (C=O) groups is 1. The van der Waals surface area contributed by atoms with Crippen molar-refractivity contribution in [1.82, 2.24) is 4.98 Å². The van der Waals surface area contributed by atoms with Crippen LogP contribution >= 0.6 is 0 Å². The molecule has 0 atom stereocenters. The first kappa shape index (κ1) is 13.3. The number of hydrogen-bond acceptors (Lipinski definition) is 3. The van der Waals surface area contributed by atoms with E-state index in [9.17, 15) is 4.79 Å². The number of hydrogen-bond donors (Lipinski definition) is 0. The molecule has 0 unspecified atom stereocenters. The standard InChI is InChI=1S/C18H15NO2/c20-18(12-16-9-3-4-11-19-16)21-13-15-8-5-7-14-6-1-2-10-17(14)15/h1-11H,12-13H2. The summed E-state index contributed by atoms with van der Waals surface area (Å²) in [6.07, 6.45) is 1.87. The molecule has 0 amide bonds. The molecule has 104 valence electrons. The van der Waals surface area contributed by atoms with Crippen LogP contribution in [-0.4, -0.2) is 11.0 Å². The summed E-state index contributed by atoms with van der Waals surface area (Å²) in [6, 6.07) is 19.6. The largest absolute Gasteiger partial charge is 0.460 e. The van der Waals surface area contributed by atoms with Gasteiger partial charge in [-0.2, -0.15) is 0 Å². The van der Waals surface area contributed by atoms with Gasteiger partial charge in [0.1, 0.15) is 6.61 Å². The van der Waals surface area contributed by atoms with E-state index in [1.165, 1.54) is 0 Å². The molecule has 0 bridgehead atoms. The van der Waals surface area contributed by atoms with E-state index in [1.807, 2.05) is 48.5 Å². The van der Waals surface area contributed by atoms with Crippen molar-refractivity contribution in [3.8, 4) is 0 Å². The number of rotatable bonds is 4. The van der Waals surface area contributed by atoms with E-state index in [2.05, 4.69) is 17.1 Å². The summed E-state index contributed by atoms with van der Waals surface area (Å²) in [6.45, 7) is 0.285. The number of aromatic nitrogens is 1. The fourth-order valence-electron chi connectivity index (χ4n) is 2.28. The SMILES string of the molecule is O=C(Cc1ccccn1)OCc1cccc2ccccc12. The highest BCUT2D eigenvalue weighted by Crippen LogP contribution is 2.19. The zero-order chi connectivity index (χ0) is 14.5. The average Bonchev–Trinajstić information content (AvgIpc) is 2.54. The first-order chi connectivity index (χ1) is 10.3. The molecule has 3 aromatic rings. The number of fused-ring (bicyclic) bond motifs is 1. The molecule has 0 aliphatic heterocycles. The van der Waals surface area contributed by atoms with Crippen molar-refractivity contribution < 1.29 is 9.53 Å². The minimum absolute atomic E-state index is 0.200. The zero-order valence-electron chi connectivity index (χ0n) is 11.5.